The van der Waals surface area contributed by atoms with Crippen molar-refractivity contribution in [2.24, 2.45) is 0 Å². The highest BCUT2D eigenvalue weighted by Crippen LogP contribution is 2.21. The van der Waals surface area contributed by atoms with Gasteiger partial charge in [0.05, 0.1) is 12.2 Å². The number of halogens is 3. The second-order valence-electron chi connectivity index (χ2n) is 3.52. The van der Waals surface area contributed by atoms with Crippen LogP contribution in [0.5, 0.6) is 5.75 Å². The first-order valence-corrected chi connectivity index (χ1v) is 6.31. The van der Waals surface area contributed by atoms with Crippen LogP contribution in [0.3, 0.4) is 0 Å². The van der Waals surface area contributed by atoms with Crippen LogP contribution in [0, 0.1) is 6.92 Å². The van der Waals surface area contributed by atoms with Gasteiger partial charge in [0, 0.05) is 0 Å². The van der Waals surface area contributed by atoms with E-state index < -0.39 is 28.5 Å². The zero-order chi connectivity index (χ0) is 13.1. The van der Waals surface area contributed by atoms with Crippen molar-refractivity contribution in [1.82, 2.24) is 0 Å². The molecule has 0 radical (unpaired) electrons. The molecular formula is C10H11F3O3S. The zero-order valence-corrected chi connectivity index (χ0v) is 9.81. The molecule has 0 aromatic heterocycles. The summed E-state index contributed by atoms with van der Waals surface area (Å²) < 4.78 is 62.5. The second kappa shape index (κ2) is 4.95. The summed E-state index contributed by atoms with van der Waals surface area (Å²) in [5.74, 6) is -1.07. The summed E-state index contributed by atoms with van der Waals surface area (Å²) in [5.41, 5.74) is 0.894. The Balaban J connectivity index is 2.64. The van der Waals surface area contributed by atoms with Crippen LogP contribution in [0.25, 0.3) is 0 Å². The molecule has 0 fully saturated rings. The third-order valence-electron chi connectivity index (χ3n) is 1.88. The minimum atomic E-state index is -4.51. The number of alkyl halides is 3. The van der Waals surface area contributed by atoms with Gasteiger partial charge in [-0.05, 0) is 19.1 Å². The molecular weight excluding hydrogens is 257 g/mol. The maximum atomic E-state index is 11.9. The predicted molar refractivity (Wildman–Crippen MR) is 56.3 cm³/mol. The van der Waals surface area contributed by atoms with Crippen molar-refractivity contribution in [2.45, 2.75) is 19.5 Å². The van der Waals surface area contributed by atoms with Crippen molar-refractivity contribution < 1.29 is 25.8 Å². The quantitative estimate of drug-likeness (QED) is 0.788. The number of aryl methyl sites for hydroxylation is 1. The molecule has 0 amide bonds. The fraction of sp³-hybridized carbons (Fsp3) is 0.400. The molecule has 0 spiro atoms. The van der Waals surface area contributed by atoms with Gasteiger partial charge in [0.15, 0.2) is 0 Å². The first-order chi connectivity index (χ1) is 7.68. The zero-order valence-electron chi connectivity index (χ0n) is 8.99. The first-order valence-electron chi connectivity index (χ1n) is 4.73. The van der Waals surface area contributed by atoms with E-state index in [0.29, 0.717) is 0 Å². The average molecular weight is 268 g/mol. The minimum Gasteiger partial charge on any atom is -0.382 e. The molecule has 0 saturated heterocycles. The Hall–Kier alpha value is -1.24. The summed E-state index contributed by atoms with van der Waals surface area (Å²) in [7, 11) is -4.20. The summed E-state index contributed by atoms with van der Waals surface area (Å²) >= 11 is 0. The molecule has 1 aromatic carbocycles. The maximum absolute atomic E-state index is 11.9. The van der Waals surface area contributed by atoms with E-state index in [1.54, 1.807) is 19.1 Å². The molecule has 7 heteroatoms. The van der Waals surface area contributed by atoms with Gasteiger partial charge < -0.3 is 4.18 Å². The van der Waals surface area contributed by atoms with E-state index in [4.69, 9.17) is 0 Å². The lowest BCUT2D eigenvalue weighted by Gasteiger charge is -2.08. The molecule has 1 aromatic rings. The van der Waals surface area contributed by atoms with E-state index in [-0.39, 0.29) is 5.75 Å². The van der Waals surface area contributed by atoms with E-state index in [2.05, 4.69) is 4.18 Å². The van der Waals surface area contributed by atoms with Crippen LogP contribution < -0.4 is 4.18 Å². The van der Waals surface area contributed by atoms with Crippen LogP contribution in [-0.2, 0) is 10.1 Å². The van der Waals surface area contributed by atoms with Crippen molar-refractivity contribution in [3.05, 3.63) is 29.8 Å². The van der Waals surface area contributed by atoms with Gasteiger partial charge in [-0.15, -0.1) is 0 Å². The number of rotatable bonds is 4. The maximum Gasteiger partial charge on any atom is 0.390 e. The molecule has 0 aliphatic heterocycles. The fourth-order valence-corrected chi connectivity index (χ4v) is 1.99. The Morgan fingerprint density at radius 1 is 1.18 bits per heavy atom. The molecule has 17 heavy (non-hydrogen) atoms. The highest BCUT2D eigenvalue weighted by molar-refractivity contribution is 7.87. The first kappa shape index (κ1) is 13.8. The van der Waals surface area contributed by atoms with Gasteiger partial charge in [-0.2, -0.15) is 21.6 Å². The highest BCUT2D eigenvalue weighted by atomic mass is 32.2. The van der Waals surface area contributed by atoms with Crippen molar-refractivity contribution in [3.8, 4) is 5.75 Å². The Bertz CT molecular complexity index is 463. The smallest absolute Gasteiger partial charge is 0.382 e. The van der Waals surface area contributed by atoms with Crippen molar-refractivity contribution in [3.63, 3.8) is 0 Å². The van der Waals surface area contributed by atoms with Gasteiger partial charge in [-0.1, -0.05) is 17.7 Å². The van der Waals surface area contributed by atoms with Gasteiger partial charge in [0.1, 0.15) is 5.75 Å². The lowest BCUT2D eigenvalue weighted by Crippen LogP contribution is -2.20. The summed E-state index contributed by atoms with van der Waals surface area (Å²) in [6.07, 6.45) is -5.93. The van der Waals surface area contributed by atoms with Gasteiger partial charge in [-0.3, -0.25) is 0 Å². The minimum absolute atomic E-state index is 0.0118. The van der Waals surface area contributed by atoms with Crippen molar-refractivity contribution in [1.29, 1.82) is 0 Å². The molecule has 0 aliphatic rings. The highest BCUT2D eigenvalue weighted by Gasteiger charge is 2.30. The molecule has 96 valence electrons. The summed E-state index contributed by atoms with van der Waals surface area (Å²) in [6, 6.07) is 5.99. The van der Waals surface area contributed by atoms with Gasteiger partial charge >= 0.3 is 16.3 Å². The van der Waals surface area contributed by atoms with E-state index in [9.17, 15) is 21.6 Å². The van der Waals surface area contributed by atoms with Gasteiger partial charge in [0.2, 0.25) is 0 Å². The number of hydrogen-bond donors (Lipinski definition) is 0. The SMILES string of the molecule is Cc1ccc(OS(=O)(=O)CCC(F)(F)F)cc1. The van der Waals surface area contributed by atoms with Crippen LogP contribution in [0.15, 0.2) is 24.3 Å². The lowest BCUT2D eigenvalue weighted by atomic mass is 10.2. The number of benzene rings is 1. The van der Waals surface area contributed by atoms with E-state index in [1.807, 2.05) is 0 Å². The molecule has 0 unspecified atom stereocenters. The molecule has 3 nitrogen and oxygen atoms in total. The monoisotopic (exact) mass is 268 g/mol. The van der Waals surface area contributed by atoms with Crippen LogP contribution in [0.1, 0.15) is 12.0 Å². The fourth-order valence-electron chi connectivity index (χ4n) is 1.02. The van der Waals surface area contributed by atoms with Crippen LogP contribution in [0.4, 0.5) is 13.2 Å². The molecule has 0 heterocycles. The largest absolute Gasteiger partial charge is 0.390 e. The Morgan fingerprint density at radius 2 is 1.71 bits per heavy atom. The Morgan fingerprint density at radius 3 is 2.18 bits per heavy atom. The second-order valence-corrected chi connectivity index (χ2v) is 5.21. The topological polar surface area (TPSA) is 43.4 Å². The normalized spacial score (nSPS) is 12.5. The van der Waals surface area contributed by atoms with Crippen LogP contribution >= 0.6 is 0 Å². The predicted octanol–water partition coefficient (Wildman–Crippen LogP) is 2.66. The average Bonchev–Trinajstić information content (AvgIpc) is 2.18. The third-order valence-corrected chi connectivity index (χ3v) is 3.03. The summed E-state index contributed by atoms with van der Waals surface area (Å²) in [4.78, 5) is 0. The Labute approximate surface area is 97.3 Å². The van der Waals surface area contributed by atoms with Gasteiger partial charge in [0.25, 0.3) is 0 Å². The number of hydrogen-bond acceptors (Lipinski definition) is 3. The van der Waals surface area contributed by atoms with E-state index in [1.165, 1.54) is 12.1 Å². The standard InChI is InChI=1S/C10H11F3O3S/c1-8-2-4-9(5-3-8)16-17(14,15)7-6-10(11,12)13/h2-5H,6-7H2,1H3. The molecule has 0 bridgehead atoms. The molecule has 0 atom stereocenters. The molecule has 0 N–H and O–H groups in total. The van der Waals surface area contributed by atoms with Crippen LogP contribution in [-0.4, -0.2) is 20.3 Å². The molecule has 0 aliphatic carbocycles. The summed E-state index contributed by atoms with van der Waals surface area (Å²) in [5, 5.41) is 0. The Kier molecular flexibility index (Phi) is 4.03. The van der Waals surface area contributed by atoms with Crippen molar-refractivity contribution >= 4 is 10.1 Å². The summed E-state index contributed by atoms with van der Waals surface area (Å²) in [6.45, 7) is 1.79. The van der Waals surface area contributed by atoms with E-state index in [0.717, 1.165) is 5.56 Å². The molecule has 1 rings (SSSR count). The van der Waals surface area contributed by atoms with Crippen LogP contribution in [0.2, 0.25) is 0 Å². The molecule has 0 saturated carbocycles. The van der Waals surface area contributed by atoms with Gasteiger partial charge in [-0.25, -0.2) is 0 Å². The van der Waals surface area contributed by atoms with Crippen molar-refractivity contribution in [2.75, 3.05) is 5.75 Å². The third kappa shape index (κ3) is 5.58. The lowest BCUT2D eigenvalue weighted by molar-refractivity contribution is -0.130. The van der Waals surface area contributed by atoms with E-state index >= 15 is 0 Å².